The Hall–Kier alpha value is -3.87. The quantitative estimate of drug-likeness (QED) is 0.300. The molecule has 0 radical (unpaired) electrons. The first-order valence-electron chi connectivity index (χ1n) is 13.4. The first-order chi connectivity index (χ1) is 18.4. The van der Waals surface area contributed by atoms with Crippen LogP contribution >= 0.6 is 0 Å². The van der Waals surface area contributed by atoms with Gasteiger partial charge in [-0.15, -0.1) is 0 Å². The Morgan fingerprint density at radius 2 is 1.84 bits per heavy atom. The van der Waals surface area contributed by atoms with Crippen LogP contribution < -0.4 is 4.74 Å². The summed E-state index contributed by atoms with van der Waals surface area (Å²) in [6.45, 7) is 9.28. The van der Waals surface area contributed by atoms with Crippen LogP contribution in [0.4, 0.5) is 0 Å². The number of carboxylic acids is 1. The summed E-state index contributed by atoms with van der Waals surface area (Å²) in [5.41, 5.74) is 8.31. The Labute approximate surface area is 224 Å². The summed E-state index contributed by atoms with van der Waals surface area (Å²) in [5, 5.41) is 13.7. The fraction of sp³-hybridized carbons (Fsp3) is 0.387. The van der Waals surface area contributed by atoms with Gasteiger partial charge >= 0.3 is 5.97 Å². The third-order valence-electron chi connectivity index (χ3n) is 7.08. The van der Waals surface area contributed by atoms with Crippen molar-refractivity contribution in [3.63, 3.8) is 0 Å². The molecule has 0 fully saturated rings. The smallest absolute Gasteiger partial charge is 0.342 e. The van der Waals surface area contributed by atoms with Crippen LogP contribution in [0.2, 0.25) is 0 Å². The maximum absolute atomic E-state index is 11.6. The van der Waals surface area contributed by atoms with E-state index in [1.807, 2.05) is 12.1 Å². The molecule has 38 heavy (non-hydrogen) atoms. The van der Waals surface area contributed by atoms with Crippen molar-refractivity contribution in [1.82, 2.24) is 14.8 Å². The standard InChI is InChI=1S/C31H37N3O4/c1-6-10-22-16-17-23(21(4)24(22)11-7-2)19-38-29-20(3)12-8-13-25(29)27-14-9-15-28(33-27)34-30(37-5)26(18-32-34)31(35)36/h9,13-18H,6-8,10-12,19H2,1-5H3,(H,35,36). The topological polar surface area (TPSA) is 86.5 Å². The van der Waals surface area contributed by atoms with E-state index in [0.29, 0.717) is 12.4 Å². The molecular formula is C31H37N3O4. The molecule has 1 aromatic carbocycles. The van der Waals surface area contributed by atoms with Crippen molar-refractivity contribution in [2.45, 2.75) is 72.8 Å². The highest BCUT2D eigenvalue weighted by Crippen LogP contribution is 2.34. The number of hydrogen-bond donors (Lipinski definition) is 1. The molecule has 0 amide bonds. The van der Waals surface area contributed by atoms with Gasteiger partial charge in [0.15, 0.2) is 5.82 Å². The van der Waals surface area contributed by atoms with Gasteiger partial charge in [0.1, 0.15) is 17.9 Å². The Bertz CT molecular complexity index is 1380. The van der Waals surface area contributed by atoms with Crippen LogP contribution in [0.25, 0.3) is 11.4 Å². The molecule has 0 saturated heterocycles. The Balaban J connectivity index is 1.63. The van der Waals surface area contributed by atoms with Gasteiger partial charge in [-0.3, -0.25) is 0 Å². The lowest BCUT2D eigenvalue weighted by Gasteiger charge is -2.22. The zero-order valence-corrected chi connectivity index (χ0v) is 23.0. The highest BCUT2D eigenvalue weighted by Gasteiger charge is 2.22. The predicted octanol–water partition coefficient (Wildman–Crippen LogP) is 6.86. The number of rotatable bonds is 11. The van der Waals surface area contributed by atoms with Crippen molar-refractivity contribution in [3.8, 4) is 11.7 Å². The lowest BCUT2D eigenvalue weighted by atomic mass is 9.92. The molecule has 0 saturated carbocycles. The van der Waals surface area contributed by atoms with Crippen LogP contribution in [-0.4, -0.2) is 33.0 Å². The summed E-state index contributed by atoms with van der Waals surface area (Å²) in [5.74, 6) is 0.358. The first kappa shape index (κ1) is 27.2. The van der Waals surface area contributed by atoms with E-state index in [9.17, 15) is 9.90 Å². The van der Waals surface area contributed by atoms with Crippen LogP contribution in [0.1, 0.15) is 84.8 Å². The van der Waals surface area contributed by atoms with Gasteiger partial charge in [0.2, 0.25) is 5.88 Å². The summed E-state index contributed by atoms with van der Waals surface area (Å²) in [7, 11) is 1.42. The molecule has 3 aromatic rings. The van der Waals surface area contributed by atoms with Crippen molar-refractivity contribution in [2.24, 2.45) is 0 Å². The third kappa shape index (κ3) is 5.52. The normalized spacial score (nSPS) is 13.4. The zero-order valence-electron chi connectivity index (χ0n) is 23.0. The average molecular weight is 516 g/mol. The summed E-state index contributed by atoms with van der Waals surface area (Å²) in [6, 6.07) is 10.1. The second kappa shape index (κ2) is 12.1. The van der Waals surface area contributed by atoms with Crippen LogP contribution in [0.15, 0.2) is 53.9 Å². The molecule has 1 aliphatic rings. The van der Waals surface area contributed by atoms with Crippen LogP contribution in [0.3, 0.4) is 0 Å². The lowest BCUT2D eigenvalue weighted by Crippen LogP contribution is -2.09. The predicted molar refractivity (Wildman–Crippen MR) is 149 cm³/mol. The molecule has 0 atom stereocenters. The fourth-order valence-electron chi connectivity index (χ4n) is 5.10. The molecule has 200 valence electrons. The maximum Gasteiger partial charge on any atom is 0.342 e. The molecule has 7 nitrogen and oxygen atoms in total. The molecule has 0 bridgehead atoms. The number of carboxylic acid groups (broad SMARTS) is 1. The molecule has 1 N–H and O–H groups in total. The van der Waals surface area contributed by atoms with Crippen molar-refractivity contribution in [3.05, 3.63) is 87.4 Å². The van der Waals surface area contributed by atoms with Gasteiger partial charge in [0.25, 0.3) is 0 Å². The van der Waals surface area contributed by atoms with E-state index in [2.05, 4.69) is 51.0 Å². The van der Waals surface area contributed by atoms with Crippen molar-refractivity contribution < 1.29 is 19.4 Å². The first-order valence-corrected chi connectivity index (χ1v) is 13.4. The van der Waals surface area contributed by atoms with Crippen molar-refractivity contribution in [1.29, 1.82) is 0 Å². The van der Waals surface area contributed by atoms with Crippen molar-refractivity contribution in [2.75, 3.05) is 7.11 Å². The zero-order chi connectivity index (χ0) is 27.2. The summed E-state index contributed by atoms with van der Waals surface area (Å²) in [4.78, 5) is 16.4. The SMILES string of the molecule is CCCc1ccc(COC2=C(C)CCC=C2c2cccc(-n3ncc(C(=O)O)c3OC)n2)c(C)c1CCC. The van der Waals surface area contributed by atoms with Crippen LogP contribution in [-0.2, 0) is 24.2 Å². The van der Waals surface area contributed by atoms with E-state index >= 15 is 0 Å². The Kier molecular flexibility index (Phi) is 8.66. The number of aromatic carboxylic acids is 1. The molecule has 1 aliphatic carbocycles. The molecule has 0 aliphatic heterocycles. The summed E-state index contributed by atoms with van der Waals surface area (Å²) in [6.07, 6.45) is 9.72. The molecule has 0 spiro atoms. The number of hydrogen-bond acceptors (Lipinski definition) is 5. The number of methoxy groups -OCH3 is 1. The third-order valence-corrected chi connectivity index (χ3v) is 7.08. The molecule has 2 aromatic heterocycles. The molecule has 4 rings (SSSR count). The largest absolute Gasteiger partial charge is 0.488 e. The van der Waals surface area contributed by atoms with Gasteiger partial charge in [-0.2, -0.15) is 9.78 Å². The highest BCUT2D eigenvalue weighted by atomic mass is 16.5. The number of aromatic nitrogens is 3. The number of ether oxygens (including phenoxy) is 2. The number of allylic oxidation sites excluding steroid dienone is 3. The highest BCUT2D eigenvalue weighted by molar-refractivity contribution is 5.90. The summed E-state index contributed by atoms with van der Waals surface area (Å²) >= 11 is 0. The summed E-state index contributed by atoms with van der Waals surface area (Å²) < 4.78 is 13.3. The van der Waals surface area contributed by atoms with E-state index in [0.717, 1.165) is 55.6 Å². The second-order valence-corrected chi connectivity index (χ2v) is 9.71. The van der Waals surface area contributed by atoms with Crippen LogP contribution in [0, 0.1) is 6.92 Å². The van der Waals surface area contributed by atoms with E-state index in [1.165, 1.54) is 45.8 Å². The second-order valence-electron chi connectivity index (χ2n) is 9.71. The number of nitrogens with zero attached hydrogens (tertiary/aromatic N) is 3. The Morgan fingerprint density at radius 1 is 1.08 bits per heavy atom. The van der Waals surface area contributed by atoms with Crippen LogP contribution in [0.5, 0.6) is 5.88 Å². The molecule has 2 heterocycles. The minimum Gasteiger partial charge on any atom is -0.488 e. The van der Waals surface area contributed by atoms with E-state index in [-0.39, 0.29) is 11.4 Å². The van der Waals surface area contributed by atoms with Gasteiger partial charge in [0, 0.05) is 5.57 Å². The van der Waals surface area contributed by atoms with E-state index < -0.39 is 5.97 Å². The molecule has 0 unspecified atom stereocenters. The number of aryl methyl sites for hydroxylation is 1. The van der Waals surface area contributed by atoms with Crippen molar-refractivity contribution >= 4 is 11.5 Å². The van der Waals surface area contributed by atoms with Gasteiger partial charge in [-0.25, -0.2) is 9.78 Å². The minimum atomic E-state index is -1.10. The lowest BCUT2D eigenvalue weighted by molar-refractivity contribution is 0.0693. The van der Waals surface area contributed by atoms with Gasteiger partial charge in [-0.05, 0) is 79.5 Å². The number of benzene rings is 1. The monoisotopic (exact) mass is 515 g/mol. The van der Waals surface area contributed by atoms with Gasteiger partial charge in [-0.1, -0.05) is 51.0 Å². The maximum atomic E-state index is 11.6. The minimum absolute atomic E-state index is 0.0147. The van der Waals surface area contributed by atoms with E-state index in [1.54, 1.807) is 6.07 Å². The fourth-order valence-corrected chi connectivity index (χ4v) is 5.10. The number of carbonyl (C=O) groups is 1. The average Bonchev–Trinajstić information content (AvgIpc) is 3.36. The van der Waals surface area contributed by atoms with Gasteiger partial charge < -0.3 is 14.6 Å². The molecular weight excluding hydrogens is 478 g/mol. The van der Waals surface area contributed by atoms with Gasteiger partial charge in [0.05, 0.1) is 19.0 Å². The Morgan fingerprint density at radius 3 is 2.55 bits per heavy atom. The molecule has 7 heteroatoms. The number of pyridine rings is 1. The van der Waals surface area contributed by atoms with E-state index in [4.69, 9.17) is 14.5 Å².